The monoisotopic (exact) mass is 316 g/mol. The lowest BCUT2D eigenvalue weighted by Gasteiger charge is -2.29. The molecule has 1 fully saturated rings. The van der Waals surface area contributed by atoms with Crippen molar-refractivity contribution < 1.29 is 9.90 Å². The lowest BCUT2D eigenvalue weighted by molar-refractivity contribution is -0.122. The van der Waals surface area contributed by atoms with Gasteiger partial charge >= 0.3 is 0 Å². The molecule has 0 aromatic carbocycles. The van der Waals surface area contributed by atoms with Crippen molar-refractivity contribution in [3.8, 4) is 0 Å². The number of rotatable bonds is 4. The third-order valence-electron chi connectivity index (χ3n) is 4.06. The highest BCUT2D eigenvalue weighted by molar-refractivity contribution is 5.85. The standard InChI is InChI=1S/C14H24N4O2.ClH/c1-9-11(10(2)18(3)17-9)4-5-14(20)16-12-6-7-15-8-13(12)19;/h12-13,15,19H,4-8H2,1-3H3,(H,16,20);1H/t12-,13-;/m1./s1. The largest absolute Gasteiger partial charge is 0.390 e. The maximum atomic E-state index is 12.0. The number of amides is 1. The Hall–Kier alpha value is -1.11. The number of aliphatic hydroxyl groups excluding tert-OH is 1. The van der Waals surface area contributed by atoms with Gasteiger partial charge in [-0.05, 0) is 38.8 Å². The number of carbonyl (C=O) groups is 1. The van der Waals surface area contributed by atoms with Crippen LogP contribution in [0.5, 0.6) is 0 Å². The Balaban J connectivity index is 0.00000220. The predicted octanol–water partition coefficient (Wildman–Crippen LogP) is 0.230. The number of nitrogens with zero attached hydrogens (tertiary/aromatic N) is 2. The fraction of sp³-hybridized carbons (Fsp3) is 0.714. The number of β-amino-alcohol motifs (C(OH)–C–C–N with tert-alkyl or cyclic N) is 1. The molecule has 2 heterocycles. The van der Waals surface area contributed by atoms with Gasteiger partial charge in [0.1, 0.15) is 0 Å². The molecule has 0 unspecified atom stereocenters. The molecule has 1 amide bonds. The van der Waals surface area contributed by atoms with Gasteiger partial charge in [-0.1, -0.05) is 0 Å². The zero-order valence-corrected chi connectivity index (χ0v) is 13.7. The van der Waals surface area contributed by atoms with Crippen LogP contribution >= 0.6 is 12.4 Å². The molecule has 1 saturated heterocycles. The van der Waals surface area contributed by atoms with Crippen LogP contribution < -0.4 is 10.6 Å². The summed E-state index contributed by atoms with van der Waals surface area (Å²) in [5, 5.41) is 20.2. The van der Waals surface area contributed by atoms with E-state index in [4.69, 9.17) is 0 Å². The second-order valence-corrected chi connectivity index (χ2v) is 5.51. The second kappa shape index (κ2) is 7.77. The van der Waals surface area contributed by atoms with Crippen molar-refractivity contribution in [3.05, 3.63) is 17.0 Å². The number of nitrogens with one attached hydrogen (secondary N) is 2. The molecule has 120 valence electrons. The maximum Gasteiger partial charge on any atom is 0.220 e. The van der Waals surface area contributed by atoms with E-state index < -0.39 is 6.10 Å². The molecule has 7 heteroatoms. The molecule has 6 nitrogen and oxygen atoms in total. The molecule has 3 N–H and O–H groups in total. The van der Waals surface area contributed by atoms with E-state index >= 15 is 0 Å². The van der Waals surface area contributed by atoms with Gasteiger partial charge < -0.3 is 15.7 Å². The molecule has 1 aromatic heterocycles. The van der Waals surface area contributed by atoms with Crippen LogP contribution in [-0.4, -0.2) is 46.0 Å². The van der Waals surface area contributed by atoms with Gasteiger partial charge in [0, 0.05) is 25.7 Å². The van der Waals surface area contributed by atoms with E-state index in [1.54, 1.807) is 0 Å². The molecule has 2 atom stereocenters. The van der Waals surface area contributed by atoms with Gasteiger partial charge in [-0.25, -0.2) is 0 Å². The SMILES string of the molecule is Cc1nn(C)c(C)c1CCC(=O)N[C@@H]1CCNC[C@H]1O.Cl. The van der Waals surface area contributed by atoms with Gasteiger partial charge in [-0.15, -0.1) is 12.4 Å². The van der Waals surface area contributed by atoms with Crippen LogP contribution in [0.4, 0.5) is 0 Å². The molecular weight excluding hydrogens is 292 g/mol. The van der Waals surface area contributed by atoms with Gasteiger partial charge in [-0.2, -0.15) is 5.10 Å². The van der Waals surface area contributed by atoms with E-state index in [-0.39, 0.29) is 24.4 Å². The Bertz CT molecular complexity index is 490. The Morgan fingerprint density at radius 2 is 2.24 bits per heavy atom. The highest BCUT2D eigenvalue weighted by atomic mass is 35.5. The van der Waals surface area contributed by atoms with Gasteiger partial charge in [0.25, 0.3) is 0 Å². The lowest BCUT2D eigenvalue weighted by atomic mass is 10.0. The van der Waals surface area contributed by atoms with Crippen molar-refractivity contribution in [2.75, 3.05) is 13.1 Å². The number of halogens is 1. The summed E-state index contributed by atoms with van der Waals surface area (Å²) < 4.78 is 1.85. The van der Waals surface area contributed by atoms with E-state index in [1.165, 1.54) is 0 Å². The summed E-state index contributed by atoms with van der Waals surface area (Å²) in [5.74, 6) is -0.00129. The van der Waals surface area contributed by atoms with Crippen LogP contribution in [0.3, 0.4) is 0 Å². The Kier molecular flexibility index (Phi) is 6.64. The van der Waals surface area contributed by atoms with Crippen LogP contribution in [0.25, 0.3) is 0 Å². The smallest absolute Gasteiger partial charge is 0.220 e. The Morgan fingerprint density at radius 3 is 2.81 bits per heavy atom. The van der Waals surface area contributed by atoms with Crippen molar-refractivity contribution in [3.63, 3.8) is 0 Å². The molecular formula is C14H25ClN4O2. The van der Waals surface area contributed by atoms with Gasteiger partial charge in [0.2, 0.25) is 5.91 Å². The molecule has 1 aromatic rings. The molecule has 21 heavy (non-hydrogen) atoms. The normalized spacial score (nSPS) is 21.7. The third kappa shape index (κ3) is 4.43. The van der Waals surface area contributed by atoms with Gasteiger partial charge in [0.05, 0.1) is 17.8 Å². The molecule has 1 aliphatic rings. The minimum atomic E-state index is -0.491. The first-order valence-corrected chi connectivity index (χ1v) is 7.16. The van der Waals surface area contributed by atoms with Crippen molar-refractivity contribution in [1.82, 2.24) is 20.4 Å². The Morgan fingerprint density at radius 1 is 1.52 bits per heavy atom. The number of hydrogen-bond donors (Lipinski definition) is 3. The van der Waals surface area contributed by atoms with E-state index in [1.807, 2.05) is 25.6 Å². The zero-order valence-electron chi connectivity index (χ0n) is 12.8. The summed E-state index contributed by atoms with van der Waals surface area (Å²) in [7, 11) is 1.91. The third-order valence-corrected chi connectivity index (χ3v) is 4.06. The van der Waals surface area contributed by atoms with Crippen molar-refractivity contribution >= 4 is 18.3 Å². The second-order valence-electron chi connectivity index (χ2n) is 5.51. The first kappa shape index (κ1) is 17.9. The molecule has 0 aliphatic carbocycles. The van der Waals surface area contributed by atoms with Crippen molar-refractivity contribution in [2.24, 2.45) is 7.05 Å². The van der Waals surface area contributed by atoms with Crippen LogP contribution in [0.2, 0.25) is 0 Å². The molecule has 1 aliphatic heterocycles. The number of piperidine rings is 1. The molecule has 0 radical (unpaired) electrons. The van der Waals surface area contributed by atoms with Crippen molar-refractivity contribution in [2.45, 2.75) is 45.3 Å². The number of aliphatic hydroxyl groups is 1. The lowest BCUT2D eigenvalue weighted by Crippen LogP contribution is -2.52. The van der Waals surface area contributed by atoms with Crippen molar-refractivity contribution in [1.29, 1.82) is 0 Å². The fourth-order valence-electron chi connectivity index (χ4n) is 2.71. The summed E-state index contributed by atoms with van der Waals surface area (Å²) >= 11 is 0. The summed E-state index contributed by atoms with van der Waals surface area (Å²) in [6.45, 7) is 5.37. The number of carbonyl (C=O) groups excluding carboxylic acids is 1. The van der Waals surface area contributed by atoms with E-state index in [9.17, 15) is 9.90 Å². The number of hydrogen-bond acceptors (Lipinski definition) is 4. The fourth-order valence-corrected chi connectivity index (χ4v) is 2.71. The minimum Gasteiger partial charge on any atom is -0.390 e. The predicted molar refractivity (Wildman–Crippen MR) is 83.7 cm³/mol. The van der Waals surface area contributed by atoms with E-state index in [0.717, 1.165) is 29.9 Å². The first-order valence-electron chi connectivity index (χ1n) is 7.16. The van der Waals surface area contributed by atoms with Crippen LogP contribution in [0.15, 0.2) is 0 Å². The van der Waals surface area contributed by atoms with Crippen LogP contribution in [0, 0.1) is 13.8 Å². The van der Waals surface area contributed by atoms with Gasteiger partial charge in [0.15, 0.2) is 0 Å². The number of aryl methyl sites for hydroxylation is 2. The minimum absolute atomic E-state index is 0. The van der Waals surface area contributed by atoms with Crippen LogP contribution in [-0.2, 0) is 18.3 Å². The quantitative estimate of drug-likeness (QED) is 0.743. The average molecular weight is 317 g/mol. The molecule has 0 bridgehead atoms. The summed E-state index contributed by atoms with van der Waals surface area (Å²) in [4.78, 5) is 12.0. The summed E-state index contributed by atoms with van der Waals surface area (Å²) in [5.41, 5.74) is 3.24. The summed E-state index contributed by atoms with van der Waals surface area (Å²) in [6, 6.07) is -0.125. The van der Waals surface area contributed by atoms with Crippen LogP contribution in [0.1, 0.15) is 29.8 Å². The molecule has 2 rings (SSSR count). The highest BCUT2D eigenvalue weighted by Gasteiger charge is 2.24. The molecule has 0 spiro atoms. The highest BCUT2D eigenvalue weighted by Crippen LogP contribution is 2.14. The topological polar surface area (TPSA) is 79.2 Å². The number of aromatic nitrogens is 2. The average Bonchev–Trinajstić information content (AvgIpc) is 2.64. The Labute approximate surface area is 131 Å². The maximum absolute atomic E-state index is 12.0. The zero-order chi connectivity index (χ0) is 14.7. The first-order chi connectivity index (χ1) is 9.49. The van der Waals surface area contributed by atoms with Gasteiger partial charge in [-0.3, -0.25) is 9.48 Å². The summed E-state index contributed by atoms with van der Waals surface area (Å²) in [6.07, 6.45) is 1.41. The van der Waals surface area contributed by atoms with E-state index in [2.05, 4.69) is 15.7 Å². The van der Waals surface area contributed by atoms with E-state index in [0.29, 0.717) is 19.4 Å². The molecule has 0 saturated carbocycles.